The molecule has 148 valence electrons. The highest BCUT2D eigenvalue weighted by Crippen LogP contribution is 2.36. The summed E-state index contributed by atoms with van der Waals surface area (Å²) >= 11 is 1.22. The Balaban J connectivity index is 1.69. The molecule has 0 aliphatic carbocycles. The Kier molecular flexibility index (Phi) is 5.24. The minimum absolute atomic E-state index is 0.175. The van der Waals surface area contributed by atoms with Crippen molar-refractivity contribution in [1.29, 1.82) is 0 Å². The zero-order valence-electron chi connectivity index (χ0n) is 16.1. The minimum atomic E-state index is -0.346. The third-order valence-electron chi connectivity index (χ3n) is 5.05. The van der Waals surface area contributed by atoms with Gasteiger partial charge in [0.2, 0.25) is 5.91 Å². The molecule has 0 fully saturated rings. The number of aryl methyl sites for hydroxylation is 2. The molecule has 2 aromatic carbocycles. The van der Waals surface area contributed by atoms with Crippen LogP contribution in [0, 0.1) is 19.7 Å². The summed E-state index contributed by atoms with van der Waals surface area (Å²) in [6.45, 7) is 3.99. The van der Waals surface area contributed by atoms with Crippen LogP contribution < -0.4 is 10.9 Å². The average molecular weight is 409 g/mol. The van der Waals surface area contributed by atoms with E-state index in [1.165, 1.54) is 17.8 Å². The molecule has 2 heterocycles. The van der Waals surface area contributed by atoms with E-state index < -0.39 is 0 Å². The Hall–Kier alpha value is -2.93. The molecule has 3 aromatic rings. The molecule has 1 atom stereocenters. The van der Waals surface area contributed by atoms with Gasteiger partial charge in [-0.3, -0.25) is 9.59 Å². The van der Waals surface area contributed by atoms with Crippen LogP contribution in [-0.4, -0.2) is 15.9 Å². The van der Waals surface area contributed by atoms with Crippen molar-refractivity contribution in [2.45, 2.75) is 37.1 Å². The zero-order valence-corrected chi connectivity index (χ0v) is 16.9. The lowest BCUT2D eigenvalue weighted by Gasteiger charge is -2.25. The second kappa shape index (κ2) is 7.83. The second-order valence-corrected chi connectivity index (χ2v) is 8.14. The number of amides is 1. The average Bonchev–Trinajstić information content (AvgIpc) is 2.66. The van der Waals surface area contributed by atoms with Gasteiger partial charge in [0.25, 0.3) is 5.56 Å². The van der Waals surface area contributed by atoms with E-state index in [1.54, 1.807) is 18.2 Å². The van der Waals surface area contributed by atoms with Crippen LogP contribution in [0.3, 0.4) is 0 Å². The van der Waals surface area contributed by atoms with E-state index in [2.05, 4.69) is 15.3 Å². The van der Waals surface area contributed by atoms with Crippen LogP contribution in [0.5, 0.6) is 0 Å². The number of aromatic nitrogens is 2. The van der Waals surface area contributed by atoms with Crippen LogP contribution in [0.25, 0.3) is 0 Å². The Labute approximate surface area is 171 Å². The fraction of sp³-hybridized carbons (Fsp3) is 0.227. The summed E-state index contributed by atoms with van der Waals surface area (Å²) in [7, 11) is 0. The lowest BCUT2D eigenvalue weighted by atomic mass is 9.84. The van der Waals surface area contributed by atoms with Crippen LogP contribution in [0.4, 0.5) is 10.2 Å². The number of carbonyl (C=O) groups is 1. The van der Waals surface area contributed by atoms with Crippen molar-refractivity contribution >= 4 is 23.5 Å². The van der Waals surface area contributed by atoms with Crippen molar-refractivity contribution in [3.8, 4) is 0 Å². The highest BCUT2D eigenvalue weighted by Gasteiger charge is 2.31. The summed E-state index contributed by atoms with van der Waals surface area (Å²) in [5, 5.41) is 3.07. The number of H-pyrrole nitrogens is 1. The lowest BCUT2D eigenvalue weighted by Crippen LogP contribution is -2.31. The molecule has 7 heteroatoms. The van der Waals surface area contributed by atoms with Gasteiger partial charge in [-0.2, -0.15) is 0 Å². The quantitative estimate of drug-likeness (QED) is 0.498. The number of nitrogens with one attached hydrogen (secondary N) is 2. The topological polar surface area (TPSA) is 74.8 Å². The van der Waals surface area contributed by atoms with Gasteiger partial charge >= 0.3 is 0 Å². The van der Waals surface area contributed by atoms with Gasteiger partial charge < -0.3 is 10.3 Å². The Morgan fingerprint density at radius 2 is 1.97 bits per heavy atom. The monoisotopic (exact) mass is 409 g/mol. The number of aromatic amines is 1. The smallest absolute Gasteiger partial charge is 0.257 e. The molecule has 29 heavy (non-hydrogen) atoms. The predicted molar refractivity (Wildman–Crippen MR) is 112 cm³/mol. The number of nitrogens with zero attached hydrogens (tertiary/aromatic N) is 1. The molecule has 0 unspecified atom stereocenters. The van der Waals surface area contributed by atoms with Gasteiger partial charge in [0.1, 0.15) is 11.6 Å². The number of carbonyl (C=O) groups excluding carboxylic acids is 1. The molecule has 0 saturated heterocycles. The molecule has 1 aromatic heterocycles. The number of halogens is 1. The summed E-state index contributed by atoms with van der Waals surface area (Å²) in [6.07, 6.45) is 0.198. The van der Waals surface area contributed by atoms with E-state index in [4.69, 9.17) is 0 Å². The predicted octanol–water partition coefficient (Wildman–Crippen LogP) is 4.29. The molecule has 1 aliphatic rings. The van der Waals surface area contributed by atoms with Crippen molar-refractivity contribution in [2.75, 3.05) is 5.32 Å². The normalized spacial score (nSPS) is 15.7. The fourth-order valence-electron chi connectivity index (χ4n) is 3.66. The standard InChI is InChI=1S/C22H20FN3O2S/c1-12-7-8-15(13(2)9-12)16-10-18(27)24-20-19(16)21(28)26-22(25-20)29-11-14-5-3-4-6-17(14)23/h3-9,16H,10-11H2,1-2H3,(H2,24,25,26,27,28)/t16-/m1/s1. The van der Waals surface area contributed by atoms with Gasteiger partial charge in [-0.1, -0.05) is 53.7 Å². The van der Waals surface area contributed by atoms with Crippen molar-refractivity contribution in [2.24, 2.45) is 0 Å². The molecule has 5 nitrogen and oxygen atoms in total. The van der Waals surface area contributed by atoms with Crippen LogP contribution in [-0.2, 0) is 10.5 Å². The molecule has 2 N–H and O–H groups in total. The van der Waals surface area contributed by atoms with Crippen molar-refractivity contribution < 1.29 is 9.18 Å². The van der Waals surface area contributed by atoms with Crippen LogP contribution in [0.2, 0.25) is 0 Å². The molecule has 0 saturated carbocycles. The van der Waals surface area contributed by atoms with E-state index in [1.807, 2.05) is 32.0 Å². The van der Waals surface area contributed by atoms with Gasteiger partial charge in [0.15, 0.2) is 5.16 Å². The Bertz CT molecular complexity index is 1160. The third kappa shape index (κ3) is 3.96. The summed E-state index contributed by atoms with van der Waals surface area (Å²) in [5.74, 6) is -0.218. The minimum Gasteiger partial charge on any atom is -0.310 e. The van der Waals surface area contributed by atoms with Gasteiger partial charge in [-0.05, 0) is 36.6 Å². The first kappa shape index (κ1) is 19.4. The lowest BCUT2D eigenvalue weighted by molar-refractivity contribution is -0.116. The molecule has 0 bridgehead atoms. The fourth-order valence-corrected chi connectivity index (χ4v) is 4.51. The number of hydrogen-bond acceptors (Lipinski definition) is 4. The van der Waals surface area contributed by atoms with Gasteiger partial charge in [0, 0.05) is 18.1 Å². The maximum absolute atomic E-state index is 13.8. The van der Waals surface area contributed by atoms with Gasteiger partial charge in [-0.15, -0.1) is 0 Å². The number of fused-ring (bicyclic) bond motifs is 1. The zero-order chi connectivity index (χ0) is 20.5. The number of anilines is 1. The molecular formula is C22H20FN3O2S. The summed E-state index contributed by atoms with van der Waals surface area (Å²) in [5.41, 5.74) is 3.82. The number of benzene rings is 2. The number of rotatable bonds is 4. The van der Waals surface area contributed by atoms with Crippen molar-refractivity contribution in [3.05, 3.63) is 86.5 Å². The SMILES string of the molecule is Cc1ccc([C@H]2CC(=O)Nc3nc(SCc4ccccc4F)[nH]c(=O)c32)c(C)c1. The maximum Gasteiger partial charge on any atom is 0.257 e. The Morgan fingerprint density at radius 3 is 2.72 bits per heavy atom. The second-order valence-electron chi connectivity index (χ2n) is 7.18. The number of hydrogen-bond donors (Lipinski definition) is 2. The first-order chi connectivity index (χ1) is 13.9. The van der Waals surface area contributed by atoms with Crippen LogP contribution in [0.1, 0.15) is 40.2 Å². The van der Waals surface area contributed by atoms with E-state index in [0.29, 0.717) is 22.0 Å². The van der Waals surface area contributed by atoms with Crippen molar-refractivity contribution in [3.63, 3.8) is 0 Å². The largest absolute Gasteiger partial charge is 0.310 e. The highest BCUT2D eigenvalue weighted by atomic mass is 32.2. The van der Waals surface area contributed by atoms with E-state index in [-0.39, 0.29) is 35.4 Å². The van der Waals surface area contributed by atoms with Gasteiger partial charge in [-0.25, -0.2) is 9.37 Å². The Morgan fingerprint density at radius 1 is 1.17 bits per heavy atom. The van der Waals surface area contributed by atoms with Gasteiger partial charge in [0.05, 0.1) is 5.56 Å². The van der Waals surface area contributed by atoms with E-state index in [9.17, 15) is 14.0 Å². The number of thioether (sulfide) groups is 1. The molecule has 0 spiro atoms. The van der Waals surface area contributed by atoms with E-state index >= 15 is 0 Å². The molecular weight excluding hydrogens is 389 g/mol. The molecule has 1 aliphatic heterocycles. The first-order valence-electron chi connectivity index (χ1n) is 9.30. The molecule has 0 radical (unpaired) electrons. The highest BCUT2D eigenvalue weighted by molar-refractivity contribution is 7.98. The van der Waals surface area contributed by atoms with E-state index in [0.717, 1.165) is 16.7 Å². The third-order valence-corrected chi connectivity index (χ3v) is 5.97. The summed E-state index contributed by atoms with van der Waals surface area (Å²) in [4.78, 5) is 32.5. The summed E-state index contributed by atoms with van der Waals surface area (Å²) in [6, 6.07) is 12.5. The van der Waals surface area contributed by atoms with Crippen LogP contribution >= 0.6 is 11.8 Å². The summed E-state index contributed by atoms with van der Waals surface area (Å²) < 4.78 is 13.8. The maximum atomic E-state index is 13.8. The molecule has 1 amide bonds. The van der Waals surface area contributed by atoms with Crippen LogP contribution in [0.15, 0.2) is 52.4 Å². The first-order valence-corrected chi connectivity index (χ1v) is 10.3. The van der Waals surface area contributed by atoms with Crippen molar-refractivity contribution in [1.82, 2.24) is 9.97 Å². The molecule has 4 rings (SSSR count).